The van der Waals surface area contributed by atoms with Crippen LogP contribution < -0.4 is 5.32 Å². The fourth-order valence-electron chi connectivity index (χ4n) is 1.98. The van der Waals surface area contributed by atoms with Gasteiger partial charge in [-0.1, -0.05) is 26.0 Å². The summed E-state index contributed by atoms with van der Waals surface area (Å²) in [5.74, 6) is -0.388. The van der Waals surface area contributed by atoms with Crippen LogP contribution in [0.2, 0.25) is 0 Å². The summed E-state index contributed by atoms with van der Waals surface area (Å²) in [5.41, 5.74) is 4.23. The lowest BCUT2D eigenvalue weighted by molar-refractivity contribution is -0.139. The predicted octanol–water partition coefficient (Wildman–Crippen LogP) is 2.98. The van der Waals surface area contributed by atoms with E-state index in [1.165, 1.54) is 5.56 Å². The quantitative estimate of drug-likeness (QED) is 0.843. The number of carboxylic acid groups (broad SMARTS) is 1. The van der Waals surface area contributed by atoms with E-state index in [1.807, 2.05) is 26.8 Å². The van der Waals surface area contributed by atoms with Gasteiger partial charge in [-0.25, -0.2) is 0 Å². The van der Waals surface area contributed by atoms with Crippen molar-refractivity contribution in [2.75, 3.05) is 6.54 Å². The normalized spacial score (nSPS) is 12.8. The van der Waals surface area contributed by atoms with Crippen LogP contribution in [0.15, 0.2) is 12.1 Å². The number of aryl methyl sites for hydroxylation is 3. The number of carboxylic acids is 1. The summed E-state index contributed by atoms with van der Waals surface area (Å²) in [5, 5.41) is 12.5. The monoisotopic (exact) mass is 249 g/mol. The Morgan fingerprint density at radius 1 is 1.17 bits per heavy atom. The second kappa shape index (κ2) is 6.01. The van der Waals surface area contributed by atoms with Gasteiger partial charge in [0.05, 0.1) is 0 Å². The molecule has 1 aromatic carbocycles. The molecular formula is C15H23NO2. The zero-order chi connectivity index (χ0) is 13.9. The molecule has 3 heteroatoms. The highest BCUT2D eigenvalue weighted by Gasteiger charge is 2.21. The minimum atomic E-state index is -0.818. The predicted molar refractivity (Wildman–Crippen MR) is 73.9 cm³/mol. The van der Waals surface area contributed by atoms with Crippen molar-refractivity contribution in [2.45, 2.75) is 40.7 Å². The lowest BCUT2D eigenvalue weighted by atomic mass is 9.95. The van der Waals surface area contributed by atoms with Gasteiger partial charge in [-0.3, -0.25) is 4.79 Å². The molecule has 0 spiro atoms. The summed E-state index contributed by atoms with van der Waals surface area (Å²) < 4.78 is 0. The smallest absolute Gasteiger partial charge is 0.325 e. The van der Waals surface area contributed by atoms with Gasteiger partial charge >= 0.3 is 5.97 Å². The molecule has 18 heavy (non-hydrogen) atoms. The molecule has 0 aliphatic carbocycles. The first-order valence-corrected chi connectivity index (χ1v) is 6.36. The van der Waals surface area contributed by atoms with E-state index in [2.05, 4.69) is 25.2 Å². The van der Waals surface area contributed by atoms with Gasteiger partial charge in [-0.2, -0.15) is 0 Å². The molecule has 1 aromatic rings. The minimum absolute atomic E-state index is 0.429. The third-order valence-corrected chi connectivity index (χ3v) is 3.17. The maximum absolute atomic E-state index is 11.4. The topological polar surface area (TPSA) is 49.3 Å². The van der Waals surface area contributed by atoms with E-state index in [0.29, 0.717) is 12.5 Å². The van der Waals surface area contributed by atoms with Gasteiger partial charge in [0.1, 0.15) is 6.04 Å². The highest BCUT2D eigenvalue weighted by molar-refractivity contribution is 5.76. The van der Waals surface area contributed by atoms with Crippen LogP contribution in [0.1, 0.15) is 42.1 Å². The minimum Gasteiger partial charge on any atom is -0.480 e. The third kappa shape index (κ3) is 3.57. The second-order valence-corrected chi connectivity index (χ2v) is 5.37. The molecule has 0 heterocycles. The van der Waals surface area contributed by atoms with Crippen molar-refractivity contribution < 1.29 is 9.90 Å². The Labute approximate surface area is 109 Å². The molecule has 1 unspecified atom stereocenters. The molecule has 0 aliphatic heterocycles. The van der Waals surface area contributed by atoms with E-state index < -0.39 is 12.0 Å². The van der Waals surface area contributed by atoms with Gasteiger partial charge in [-0.05, 0) is 55.5 Å². The van der Waals surface area contributed by atoms with Crippen LogP contribution in [0.5, 0.6) is 0 Å². The van der Waals surface area contributed by atoms with Crippen LogP contribution in [-0.2, 0) is 4.79 Å². The van der Waals surface area contributed by atoms with Crippen LogP contribution in [0.25, 0.3) is 0 Å². The highest BCUT2D eigenvalue weighted by Crippen LogP contribution is 2.22. The van der Waals surface area contributed by atoms with Crippen LogP contribution in [0, 0.1) is 26.7 Å². The van der Waals surface area contributed by atoms with E-state index in [0.717, 1.165) is 16.7 Å². The molecule has 0 amide bonds. The molecule has 100 valence electrons. The van der Waals surface area contributed by atoms with Gasteiger partial charge in [0, 0.05) is 0 Å². The first kappa shape index (κ1) is 14.7. The molecule has 1 atom stereocenters. The van der Waals surface area contributed by atoms with Crippen LogP contribution >= 0.6 is 0 Å². The van der Waals surface area contributed by atoms with Crippen molar-refractivity contribution in [3.8, 4) is 0 Å². The molecule has 1 rings (SSSR count). The number of benzene rings is 1. The fourth-order valence-corrected chi connectivity index (χ4v) is 1.98. The third-order valence-electron chi connectivity index (χ3n) is 3.17. The molecule has 0 aliphatic rings. The summed E-state index contributed by atoms with van der Waals surface area (Å²) in [6.07, 6.45) is 0. The zero-order valence-electron chi connectivity index (χ0n) is 11.9. The van der Waals surface area contributed by atoms with Gasteiger partial charge in [-0.15, -0.1) is 0 Å². The molecular weight excluding hydrogens is 226 g/mol. The van der Waals surface area contributed by atoms with Crippen molar-refractivity contribution in [3.05, 3.63) is 34.4 Å². The Morgan fingerprint density at radius 2 is 1.72 bits per heavy atom. The first-order chi connectivity index (χ1) is 8.32. The van der Waals surface area contributed by atoms with Crippen molar-refractivity contribution in [1.82, 2.24) is 5.32 Å². The van der Waals surface area contributed by atoms with E-state index in [1.54, 1.807) is 0 Å². The van der Waals surface area contributed by atoms with E-state index >= 15 is 0 Å². The van der Waals surface area contributed by atoms with E-state index in [-0.39, 0.29) is 0 Å². The summed E-state index contributed by atoms with van der Waals surface area (Å²) in [6.45, 7) is 10.9. The Balaban J connectivity index is 3.06. The molecule has 0 saturated heterocycles. The molecule has 0 fully saturated rings. The number of hydrogen-bond donors (Lipinski definition) is 2. The summed E-state index contributed by atoms with van der Waals surface area (Å²) in [4.78, 5) is 11.4. The van der Waals surface area contributed by atoms with Crippen molar-refractivity contribution in [2.24, 2.45) is 5.92 Å². The van der Waals surface area contributed by atoms with Crippen molar-refractivity contribution >= 4 is 5.97 Å². The Hall–Kier alpha value is -1.35. The SMILES string of the molecule is Cc1cc(C)c(C(NCC(C)C)C(=O)O)cc1C. The average molecular weight is 249 g/mol. The van der Waals surface area contributed by atoms with Crippen molar-refractivity contribution in [1.29, 1.82) is 0 Å². The van der Waals surface area contributed by atoms with Gasteiger partial charge in [0.2, 0.25) is 0 Å². The van der Waals surface area contributed by atoms with Crippen molar-refractivity contribution in [3.63, 3.8) is 0 Å². The maximum Gasteiger partial charge on any atom is 0.325 e. The van der Waals surface area contributed by atoms with E-state index in [9.17, 15) is 9.90 Å². The Bertz CT molecular complexity index is 438. The standard InChI is InChI=1S/C15H23NO2/c1-9(2)8-16-14(15(17)18)13-7-11(4)10(3)6-12(13)5/h6-7,9,14,16H,8H2,1-5H3,(H,17,18). The lowest BCUT2D eigenvalue weighted by Gasteiger charge is -2.19. The van der Waals surface area contributed by atoms with Crippen LogP contribution in [-0.4, -0.2) is 17.6 Å². The first-order valence-electron chi connectivity index (χ1n) is 6.36. The highest BCUT2D eigenvalue weighted by atomic mass is 16.4. The average Bonchev–Trinajstić information content (AvgIpc) is 2.24. The van der Waals surface area contributed by atoms with Crippen LogP contribution in [0.4, 0.5) is 0 Å². The van der Waals surface area contributed by atoms with Gasteiger partial charge < -0.3 is 10.4 Å². The Morgan fingerprint density at radius 3 is 2.22 bits per heavy atom. The lowest BCUT2D eigenvalue weighted by Crippen LogP contribution is -2.32. The van der Waals surface area contributed by atoms with Gasteiger partial charge in [0.15, 0.2) is 0 Å². The second-order valence-electron chi connectivity index (χ2n) is 5.37. The zero-order valence-corrected chi connectivity index (χ0v) is 11.9. The number of rotatable bonds is 5. The number of aliphatic carboxylic acids is 1. The largest absolute Gasteiger partial charge is 0.480 e. The van der Waals surface area contributed by atoms with Gasteiger partial charge in [0.25, 0.3) is 0 Å². The molecule has 3 nitrogen and oxygen atoms in total. The maximum atomic E-state index is 11.4. The Kier molecular flexibility index (Phi) is 4.91. The molecule has 0 saturated carbocycles. The molecule has 0 radical (unpaired) electrons. The summed E-state index contributed by atoms with van der Waals surface area (Å²) >= 11 is 0. The number of nitrogens with one attached hydrogen (secondary N) is 1. The molecule has 0 aromatic heterocycles. The molecule has 2 N–H and O–H groups in total. The summed E-state index contributed by atoms with van der Waals surface area (Å²) in [6, 6.07) is 3.42. The number of hydrogen-bond acceptors (Lipinski definition) is 2. The molecule has 0 bridgehead atoms. The fraction of sp³-hybridized carbons (Fsp3) is 0.533. The summed E-state index contributed by atoms with van der Waals surface area (Å²) in [7, 11) is 0. The van der Waals surface area contributed by atoms with Crippen LogP contribution in [0.3, 0.4) is 0 Å². The van der Waals surface area contributed by atoms with E-state index in [4.69, 9.17) is 0 Å². The number of carbonyl (C=O) groups is 1.